The maximum Gasteiger partial charge on any atom is 0.271 e. The zero-order valence-electron chi connectivity index (χ0n) is 18.3. The third kappa shape index (κ3) is 6.93. The van der Waals surface area contributed by atoms with Crippen molar-refractivity contribution in [2.45, 2.75) is 46.5 Å². The minimum absolute atomic E-state index is 0.0525. The van der Waals surface area contributed by atoms with Gasteiger partial charge in [-0.25, -0.2) is 5.43 Å². The molecule has 5 nitrogen and oxygen atoms in total. The number of hydrazone groups is 1. The number of hydrogen-bond donors (Lipinski definition) is 1. The van der Waals surface area contributed by atoms with Crippen LogP contribution in [0.5, 0.6) is 11.5 Å². The summed E-state index contributed by atoms with van der Waals surface area (Å²) in [6.45, 7) is 11.4. The predicted molar refractivity (Wildman–Crippen MR) is 118 cm³/mol. The summed E-state index contributed by atoms with van der Waals surface area (Å²) in [5.41, 5.74) is 5.17. The highest BCUT2D eigenvalue weighted by Gasteiger charge is 2.14. The van der Waals surface area contributed by atoms with Crippen LogP contribution in [0, 0.1) is 5.92 Å². The van der Waals surface area contributed by atoms with Crippen LogP contribution in [0.2, 0.25) is 0 Å². The number of methoxy groups -OCH3 is 1. The average molecular weight is 397 g/mol. The van der Waals surface area contributed by atoms with Gasteiger partial charge >= 0.3 is 0 Å². The maximum atomic E-state index is 12.3. The summed E-state index contributed by atoms with van der Waals surface area (Å²) < 4.78 is 11.2. The molecule has 0 aliphatic heterocycles. The summed E-state index contributed by atoms with van der Waals surface area (Å²) in [5.74, 6) is 1.68. The van der Waals surface area contributed by atoms with Gasteiger partial charge < -0.3 is 9.47 Å². The molecule has 0 saturated heterocycles. The molecule has 0 bridgehead atoms. The van der Waals surface area contributed by atoms with Gasteiger partial charge in [0.15, 0.2) is 11.5 Å². The van der Waals surface area contributed by atoms with Crippen LogP contribution in [0.25, 0.3) is 0 Å². The van der Waals surface area contributed by atoms with Gasteiger partial charge in [0.25, 0.3) is 5.91 Å². The molecular weight excluding hydrogens is 364 g/mol. The molecule has 0 fully saturated rings. The zero-order chi connectivity index (χ0) is 21.4. The van der Waals surface area contributed by atoms with E-state index in [4.69, 9.17) is 9.47 Å². The molecule has 0 spiro atoms. The van der Waals surface area contributed by atoms with Crippen molar-refractivity contribution in [2.75, 3.05) is 13.7 Å². The second-order valence-electron chi connectivity index (χ2n) is 8.47. The van der Waals surface area contributed by atoms with Crippen LogP contribution in [-0.4, -0.2) is 25.8 Å². The molecule has 0 aliphatic carbocycles. The number of amides is 1. The summed E-state index contributed by atoms with van der Waals surface area (Å²) in [6.07, 6.45) is 2.57. The van der Waals surface area contributed by atoms with Gasteiger partial charge in [-0.05, 0) is 59.2 Å². The van der Waals surface area contributed by atoms with Gasteiger partial charge in [0, 0.05) is 5.56 Å². The predicted octanol–water partition coefficient (Wildman–Crippen LogP) is 5.18. The van der Waals surface area contributed by atoms with E-state index in [1.54, 1.807) is 13.3 Å². The van der Waals surface area contributed by atoms with Crippen LogP contribution in [0.3, 0.4) is 0 Å². The first-order valence-electron chi connectivity index (χ1n) is 9.95. The van der Waals surface area contributed by atoms with Crippen molar-refractivity contribution in [2.24, 2.45) is 11.0 Å². The van der Waals surface area contributed by atoms with Gasteiger partial charge in [-0.1, -0.05) is 46.8 Å². The average Bonchev–Trinajstić information content (AvgIpc) is 2.67. The van der Waals surface area contributed by atoms with Crippen molar-refractivity contribution in [3.63, 3.8) is 0 Å². The van der Waals surface area contributed by atoms with E-state index in [2.05, 4.69) is 45.1 Å². The molecule has 5 heteroatoms. The van der Waals surface area contributed by atoms with Crippen molar-refractivity contribution in [1.82, 2.24) is 5.43 Å². The number of rotatable bonds is 8. The molecule has 0 heterocycles. The van der Waals surface area contributed by atoms with Gasteiger partial charge in [-0.3, -0.25) is 4.79 Å². The number of carbonyl (C=O) groups excluding carboxylic acids is 1. The summed E-state index contributed by atoms with van der Waals surface area (Å²) in [7, 11) is 1.61. The molecule has 29 heavy (non-hydrogen) atoms. The van der Waals surface area contributed by atoms with E-state index in [1.807, 2.05) is 42.5 Å². The van der Waals surface area contributed by atoms with Crippen molar-refractivity contribution < 1.29 is 14.3 Å². The Morgan fingerprint density at radius 2 is 1.79 bits per heavy atom. The molecule has 2 rings (SSSR count). The van der Waals surface area contributed by atoms with Crippen molar-refractivity contribution in [3.05, 3.63) is 59.2 Å². The monoisotopic (exact) mass is 396 g/mol. The third-order valence-corrected chi connectivity index (χ3v) is 4.53. The quantitative estimate of drug-likeness (QED) is 0.494. The lowest BCUT2D eigenvalue weighted by Gasteiger charge is -2.18. The van der Waals surface area contributed by atoms with E-state index >= 15 is 0 Å². The molecule has 0 radical (unpaired) electrons. The Bertz CT molecular complexity index is 834. The first-order valence-corrected chi connectivity index (χ1v) is 9.95. The standard InChI is InChI=1S/C24H32N2O3/c1-17(2)13-14-29-21-12-7-18(15-22(21)28-6)16-25-26-23(27)19-8-10-20(11-9-19)24(3,4)5/h7-12,15-17H,13-14H2,1-6H3,(H,26,27)/b25-16-. The van der Waals surface area contributed by atoms with Crippen molar-refractivity contribution in [1.29, 1.82) is 0 Å². The Morgan fingerprint density at radius 3 is 2.38 bits per heavy atom. The lowest BCUT2D eigenvalue weighted by atomic mass is 9.87. The van der Waals surface area contributed by atoms with E-state index < -0.39 is 0 Å². The highest BCUT2D eigenvalue weighted by Crippen LogP contribution is 2.28. The fourth-order valence-corrected chi connectivity index (χ4v) is 2.64. The molecule has 1 amide bonds. The zero-order valence-corrected chi connectivity index (χ0v) is 18.3. The lowest BCUT2D eigenvalue weighted by Crippen LogP contribution is -2.18. The van der Waals surface area contributed by atoms with Crippen molar-refractivity contribution >= 4 is 12.1 Å². The minimum Gasteiger partial charge on any atom is -0.493 e. The highest BCUT2D eigenvalue weighted by molar-refractivity contribution is 5.95. The Balaban J connectivity index is 1.97. The lowest BCUT2D eigenvalue weighted by molar-refractivity contribution is 0.0955. The highest BCUT2D eigenvalue weighted by atomic mass is 16.5. The third-order valence-electron chi connectivity index (χ3n) is 4.53. The molecule has 0 unspecified atom stereocenters. The molecule has 0 aromatic heterocycles. The summed E-state index contributed by atoms with van der Waals surface area (Å²) in [4.78, 5) is 12.3. The van der Waals surface area contributed by atoms with E-state index in [1.165, 1.54) is 5.56 Å². The number of nitrogens with zero attached hydrogens (tertiary/aromatic N) is 1. The Labute approximate surface area is 174 Å². The number of hydrogen-bond acceptors (Lipinski definition) is 4. The van der Waals surface area contributed by atoms with Crippen LogP contribution in [0.4, 0.5) is 0 Å². The van der Waals surface area contributed by atoms with Gasteiger partial charge in [0.2, 0.25) is 0 Å². The first-order chi connectivity index (χ1) is 13.7. The summed E-state index contributed by atoms with van der Waals surface area (Å²) >= 11 is 0. The fraction of sp³-hybridized carbons (Fsp3) is 0.417. The second kappa shape index (κ2) is 10.1. The van der Waals surface area contributed by atoms with Crippen LogP contribution in [-0.2, 0) is 5.41 Å². The molecule has 0 atom stereocenters. The summed E-state index contributed by atoms with van der Waals surface area (Å²) in [5, 5.41) is 4.06. The van der Waals surface area contributed by atoms with Crippen LogP contribution in [0.1, 0.15) is 62.5 Å². The van der Waals surface area contributed by atoms with E-state index in [9.17, 15) is 4.79 Å². The summed E-state index contributed by atoms with van der Waals surface area (Å²) in [6, 6.07) is 13.1. The maximum absolute atomic E-state index is 12.3. The number of ether oxygens (including phenoxy) is 2. The first kappa shape index (κ1) is 22.5. The molecule has 2 aromatic rings. The Kier molecular flexibility index (Phi) is 7.82. The van der Waals surface area contributed by atoms with E-state index in [-0.39, 0.29) is 11.3 Å². The van der Waals surface area contributed by atoms with Gasteiger partial charge in [-0.2, -0.15) is 5.10 Å². The van der Waals surface area contributed by atoms with Crippen LogP contribution in [0.15, 0.2) is 47.6 Å². The molecule has 2 aromatic carbocycles. The molecule has 1 N–H and O–H groups in total. The molecule has 156 valence electrons. The van der Waals surface area contributed by atoms with Gasteiger partial charge in [0.1, 0.15) is 0 Å². The topological polar surface area (TPSA) is 59.9 Å². The van der Waals surface area contributed by atoms with E-state index in [0.29, 0.717) is 29.6 Å². The minimum atomic E-state index is -0.248. The largest absolute Gasteiger partial charge is 0.493 e. The van der Waals surface area contributed by atoms with Crippen LogP contribution >= 0.6 is 0 Å². The number of carbonyl (C=O) groups is 1. The smallest absolute Gasteiger partial charge is 0.271 e. The molecular formula is C24H32N2O3. The Morgan fingerprint density at radius 1 is 1.10 bits per heavy atom. The van der Waals surface area contributed by atoms with Gasteiger partial charge in [0.05, 0.1) is 19.9 Å². The molecule has 0 saturated carbocycles. The van der Waals surface area contributed by atoms with Gasteiger partial charge in [-0.15, -0.1) is 0 Å². The second-order valence-corrected chi connectivity index (χ2v) is 8.47. The fourth-order valence-electron chi connectivity index (χ4n) is 2.64. The normalized spacial score (nSPS) is 11.7. The number of nitrogens with one attached hydrogen (secondary N) is 1. The van der Waals surface area contributed by atoms with Crippen molar-refractivity contribution in [3.8, 4) is 11.5 Å². The van der Waals surface area contributed by atoms with Crippen LogP contribution < -0.4 is 14.9 Å². The SMILES string of the molecule is COc1cc(/C=N\NC(=O)c2ccc(C(C)(C)C)cc2)ccc1OCCC(C)C. The molecule has 0 aliphatic rings. The Hall–Kier alpha value is -2.82. The van der Waals surface area contributed by atoms with E-state index in [0.717, 1.165) is 12.0 Å². The number of benzene rings is 2.